The van der Waals surface area contributed by atoms with Crippen molar-refractivity contribution in [3.8, 4) is 0 Å². The van der Waals surface area contributed by atoms with Crippen LogP contribution in [0.2, 0.25) is 0 Å². The van der Waals surface area contributed by atoms with Crippen LogP contribution in [0.5, 0.6) is 0 Å². The van der Waals surface area contributed by atoms with Crippen molar-refractivity contribution < 1.29 is 0 Å². The minimum Gasteiger partial charge on any atom is -0.352 e. The molecule has 1 N–H and O–H groups in total. The Bertz CT molecular complexity index is 1150. The summed E-state index contributed by atoms with van der Waals surface area (Å²) in [6, 6.07) is 8.35. The molecule has 3 heterocycles. The van der Waals surface area contributed by atoms with Crippen molar-refractivity contribution in [1.82, 2.24) is 19.7 Å². The van der Waals surface area contributed by atoms with Crippen LogP contribution in [0.3, 0.4) is 0 Å². The number of pyridine rings is 1. The molecule has 0 bridgehead atoms. The Balaban J connectivity index is 1.13. The van der Waals surface area contributed by atoms with Crippen molar-refractivity contribution in [3.05, 3.63) is 57.0 Å². The minimum absolute atomic E-state index is 0.280. The number of hydrogen-bond donors (Lipinski definition) is 1. The summed E-state index contributed by atoms with van der Waals surface area (Å²) in [6.45, 7) is 10.4. The lowest BCUT2D eigenvalue weighted by Gasteiger charge is -2.35. The van der Waals surface area contributed by atoms with Crippen molar-refractivity contribution in [1.29, 1.82) is 0 Å². The smallest absolute Gasteiger partial charge is 0.254 e. The van der Waals surface area contributed by atoms with E-state index in [1.165, 1.54) is 28.6 Å². The van der Waals surface area contributed by atoms with Gasteiger partial charge < -0.3 is 9.47 Å². The topological polar surface area (TPSA) is 57.2 Å². The van der Waals surface area contributed by atoms with Gasteiger partial charge in [0, 0.05) is 49.4 Å². The quantitative estimate of drug-likeness (QED) is 0.601. The van der Waals surface area contributed by atoms with E-state index < -0.39 is 0 Å². The van der Waals surface area contributed by atoms with E-state index in [4.69, 9.17) is 0 Å². The van der Waals surface area contributed by atoms with E-state index >= 15 is 0 Å². The molecule has 0 atom stereocenters. The standard InChI is InChI=1S/C26H35N5O/c1-19-20(2)31(26(32)22-10-4-3-9-21(19)22)14-8-7-13-29-15-17-30(18-16-29)25-23-11-5-6-12-24(23)27-28-25/h5-6,11-12H,3-4,7-10,13-18H2,1-2H3,(H,27,28). The van der Waals surface area contributed by atoms with Crippen molar-refractivity contribution in [3.63, 3.8) is 0 Å². The van der Waals surface area contributed by atoms with E-state index in [0.717, 1.165) is 88.3 Å². The van der Waals surface area contributed by atoms with Crippen LogP contribution in [0, 0.1) is 13.8 Å². The van der Waals surface area contributed by atoms with Crippen molar-refractivity contribution in [2.75, 3.05) is 37.6 Å². The van der Waals surface area contributed by atoms with Crippen molar-refractivity contribution in [2.45, 2.75) is 58.9 Å². The van der Waals surface area contributed by atoms with Gasteiger partial charge in [-0.3, -0.25) is 14.8 Å². The zero-order valence-corrected chi connectivity index (χ0v) is 19.5. The fourth-order valence-electron chi connectivity index (χ4n) is 5.54. The van der Waals surface area contributed by atoms with Gasteiger partial charge in [0.05, 0.1) is 5.52 Å². The highest BCUT2D eigenvalue weighted by Gasteiger charge is 2.21. The number of fused-ring (bicyclic) bond motifs is 2. The summed E-state index contributed by atoms with van der Waals surface area (Å²) < 4.78 is 2.06. The lowest BCUT2D eigenvalue weighted by molar-refractivity contribution is 0.250. The summed E-state index contributed by atoms with van der Waals surface area (Å²) in [6.07, 6.45) is 6.62. The molecule has 3 aromatic rings. The first kappa shape index (κ1) is 21.3. The molecule has 1 saturated heterocycles. The second-order valence-corrected chi connectivity index (χ2v) is 9.46. The van der Waals surface area contributed by atoms with Gasteiger partial charge in [-0.15, -0.1) is 0 Å². The molecule has 170 valence electrons. The van der Waals surface area contributed by atoms with Gasteiger partial charge in [0.15, 0.2) is 5.82 Å². The Hall–Kier alpha value is -2.60. The summed E-state index contributed by atoms with van der Waals surface area (Å²) in [4.78, 5) is 18.0. The van der Waals surface area contributed by atoms with Crippen LogP contribution in [-0.4, -0.2) is 52.4 Å². The summed E-state index contributed by atoms with van der Waals surface area (Å²) in [5.74, 6) is 1.08. The molecule has 0 unspecified atom stereocenters. The van der Waals surface area contributed by atoms with Crippen LogP contribution in [0.25, 0.3) is 10.9 Å². The van der Waals surface area contributed by atoms with E-state index in [1.807, 2.05) is 6.07 Å². The fraction of sp³-hybridized carbons (Fsp3) is 0.538. The van der Waals surface area contributed by atoms with Crippen molar-refractivity contribution in [2.24, 2.45) is 0 Å². The van der Waals surface area contributed by atoms with Gasteiger partial charge in [0.2, 0.25) is 0 Å². The van der Waals surface area contributed by atoms with E-state index in [1.54, 1.807) is 0 Å². The summed E-state index contributed by atoms with van der Waals surface area (Å²) >= 11 is 0. The summed E-state index contributed by atoms with van der Waals surface area (Å²) in [7, 11) is 0. The molecule has 0 saturated carbocycles. The van der Waals surface area contributed by atoms with Gasteiger partial charge >= 0.3 is 0 Å². The maximum Gasteiger partial charge on any atom is 0.254 e. The number of nitrogens with one attached hydrogen (secondary N) is 1. The Morgan fingerprint density at radius 1 is 0.938 bits per heavy atom. The van der Waals surface area contributed by atoms with Gasteiger partial charge in [-0.2, -0.15) is 5.10 Å². The van der Waals surface area contributed by atoms with Gasteiger partial charge in [0.1, 0.15) is 0 Å². The largest absolute Gasteiger partial charge is 0.352 e. The normalized spacial score (nSPS) is 17.1. The SMILES string of the molecule is Cc1c2c(c(=O)n(CCCCN3CCN(c4n[nH]c5ccccc45)CC3)c1C)CCCC2. The molecule has 0 amide bonds. The first-order valence-electron chi connectivity index (χ1n) is 12.3. The number of piperazine rings is 1. The molecule has 32 heavy (non-hydrogen) atoms. The maximum absolute atomic E-state index is 13.1. The molecule has 0 spiro atoms. The lowest BCUT2D eigenvalue weighted by Crippen LogP contribution is -2.46. The van der Waals surface area contributed by atoms with Crippen LogP contribution in [0.1, 0.15) is 48.1 Å². The van der Waals surface area contributed by atoms with Gasteiger partial charge in [-0.05, 0) is 82.2 Å². The Kier molecular flexibility index (Phi) is 6.05. The van der Waals surface area contributed by atoms with Crippen LogP contribution in [0.4, 0.5) is 5.82 Å². The predicted molar refractivity (Wildman–Crippen MR) is 131 cm³/mol. The molecule has 6 heteroatoms. The number of unbranched alkanes of at least 4 members (excludes halogenated alkanes) is 1. The highest BCUT2D eigenvalue weighted by molar-refractivity contribution is 5.90. The van der Waals surface area contributed by atoms with E-state index in [9.17, 15) is 4.79 Å². The number of benzene rings is 1. The Morgan fingerprint density at radius 2 is 1.66 bits per heavy atom. The highest BCUT2D eigenvalue weighted by Crippen LogP contribution is 2.25. The highest BCUT2D eigenvalue weighted by atomic mass is 16.1. The van der Waals surface area contributed by atoms with Crippen LogP contribution < -0.4 is 10.5 Å². The van der Waals surface area contributed by atoms with Crippen LogP contribution >= 0.6 is 0 Å². The molecule has 2 aromatic heterocycles. The van der Waals surface area contributed by atoms with E-state index in [0.29, 0.717) is 0 Å². The van der Waals surface area contributed by atoms with Gasteiger partial charge in [0.25, 0.3) is 5.56 Å². The van der Waals surface area contributed by atoms with Gasteiger partial charge in [-0.25, -0.2) is 0 Å². The third-order valence-corrected chi connectivity index (χ3v) is 7.60. The minimum atomic E-state index is 0.280. The number of rotatable bonds is 6. The number of anilines is 1. The zero-order chi connectivity index (χ0) is 22.1. The molecule has 1 aliphatic carbocycles. The number of aromatic nitrogens is 3. The summed E-state index contributed by atoms with van der Waals surface area (Å²) in [5, 5.41) is 8.92. The first-order valence-corrected chi connectivity index (χ1v) is 12.3. The lowest BCUT2D eigenvalue weighted by atomic mass is 9.89. The molecule has 1 aliphatic heterocycles. The molecule has 0 radical (unpaired) electrons. The molecule has 5 rings (SSSR count). The number of hydrogen-bond acceptors (Lipinski definition) is 4. The van der Waals surface area contributed by atoms with Crippen LogP contribution in [-0.2, 0) is 19.4 Å². The third-order valence-electron chi connectivity index (χ3n) is 7.60. The Labute approximate surface area is 190 Å². The average molecular weight is 434 g/mol. The molecule has 2 aliphatic rings. The molecular weight excluding hydrogens is 398 g/mol. The molecular formula is C26H35N5O. The molecule has 1 fully saturated rings. The number of H-pyrrole nitrogens is 1. The average Bonchev–Trinajstić information content (AvgIpc) is 3.27. The monoisotopic (exact) mass is 433 g/mol. The first-order chi connectivity index (χ1) is 15.6. The number of nitrogens with zero attached hydrogens (tertiary/aromatic N) is 4. The third kappa shape index (κ3) is 3.96. The Morgan fingerprint density at radius 3 is 2.47 bits per heavy atom. The number of aromatic amines is 1. The summed E-state index contributed by atoms with van der Waals surface area (Å²) in [5.41, 5.74) is 6.35. The zero-order valence-electron chi connectivity index (χ0n) is 19.5. The van der Waals surface area contributed by atoms with Crippen molar-refractivity contribution >= 4 is 16.7 Å². The van der Waals surface area contributed by atoms with E-state index in [2.05, 4.69) is 56.6 Å². The van der Waals surface area contributed by atoms with Crippen LogP contribution in [0.15, 0.2) is 29.1 Å². The predicted octanol–water partition coefficient (Wildman–Crippen LogP) is 3.82. The second kappa shape index (κ2) is 9.10. The van der Waals surface area contributed by atoms with E-state index in [-0.39, 0.29) is 5.56 Å². The van der Waals surface area contributed by atoms with Gasteiger partial charge in [-0.1, -0.05) is 12.1 Å². The molecule has 1 aromatic carbocycles. The fourth-order valence-corrected chi connectivity index (χ4v) is 5.54. The second-order valence-electron chi connectivity index (χ2n) is 9.46. The molecule has 6 nitrogen and oxygen atoms in total. The number of para-hydroxylation sites is 1. The maximum atomic E-state index is 13.1.